The average Bonchev–Trinajstić information content (AvgIpc) is 2.52. The second-order valence-corrected chi connectivity index (χ2v) is 5.89. The van der Waals surface area contributed by atoms with Crippen LogP contribution in [0.5, 0.6) is 0 Å². The van der Waals surface area contributed by atoms with Crippen LogP contribution in [0.4, 0.5) is 13.2 Å². The van der Waals surface area contributed by atoms with Gasteiger partial charge < -0.3 is 5.32 Å². The summed E-state index contributed by atoms with van der Waals surface area (Å²) in [4.78, 5) is 16.1. The van der Waals surface area contributed by atoms with Gasteiger partial charge in [-0.3, -0.25) is 4.79 Å². The highest BCUT2D eigenvalue weighted by Crippen LogP contribution is 2.28. The van der Waals surface area contributed by atoms with Crippen molar-refractivity contribution in [2.75, 3.05) is 5.75 Å². The maximum atomic E-state index is 12.3. The van der Waals surface area contributed by atoms with Crippen LogP contribution in [0.1, 0.15) is 21.5 Å². The SMILES string of the molecule is Cc1ccc(CNC(=O)c2cccnc2SCC(F)(F)F)cc1. The number of carbonyl (C=O) groups is 1. The van der Waals surface area contributed by atoms with E-state index in [2.05, 4.69) is 10.3 Å². The van der Waals surface area contributed by atoms with Gasteiger partial charge in [0, 0.05) is 12.7 Å². The summed E-state index contributed by atoms with van der Waals surface area (Å²) < 4.78 is 37.0. The number of alkyl halides is 3. The first kappa shape index (κ1) is 17.3. The monoisotopic (exact) mass is 340 g/mol. The van der Waals surface area contributed by atoms with Gasteiger partial charge in [-0.05, 0) is 24.6 Å². The minimum Gasteiger partial charge on any atom is -0.348 e. The van der Waals surface area contributed by atoms with E-state index in [0.29, 0.717) is 18.3 Å². The molecule has 2 rings (SSSR count). The number of hydrogen-bond acceptors (Lipinski definition) is 3. The molecule has 1 aromatic heterocycles. The fourth-order valence-corrected chi connectivity index (χ4v) is 2.56. The van der Waals surface area contributed by atoms with Crippen LogP contribution in [0, 0.1) is 6.92 Å². The molecule has 0 radical (unpaired) electrons. The van der Waals surface area contributed by atoms with E-state index in [9.17, 15) is 18.0 Å². The van der Waals surface area contributed by atoms with Gasteiger partial charge in [0.25, 0.3) is 5.91 Å². The number of thioether (sulfide) groups is 1. The van der Waals surface area contributed by atoms with Gasteiger partial charge in [0.15, 0.2) is 0 Å². The smallest absolute Gasteiger partial charge is 0.348 e. The number of nitrogens with one attached hydrogen (secondary N) is 1. The fraction of sp³-hybridized carbons (Fsp3) is 0.250. The van der Waals surface area contributed by atoms with Crippen molar-refractivity contribution in [2.24, 2.45) is 0 Å². The van der Waals surface area contributed by atoms with Crippen molar-refractivity contribution >= 4 is 17.7 Å². The van der Waals surface area contributed by atoms with Crippen LogP contribution >= 0.6 is 11.8 Å². The van der Waals surface area contributed by atoms with E-state index < -0.39 is 17.8 Å². The van der Waals surface area contributed by atoms with E-state index in [1.54, 1.807) is 0 Å². The Labute approximate surface area is 136 Å². The number of benzene rings is 1. The van der Waals surface area contributed by atoms with Crippen LogP contribution < -0.4 is 5.32 Å². The highest BCUT2D eigenvalue weighted by Gasteiger charge is 2.28. The molecule has 23 heavy (non-hydrogen) atoms. The van der Waals surface area contributed by atoms with E-state index in [0.717, 1.165) is 11.1 Å². The molecule has 3 nitrogen and oxygen atoms in total. The Balaban J connectivity index is 2.02. The van der Waals surface area contributed by atoms with Crippen molar-refractivity contribution in [1.29, 1.82) is 0 Å². The average molecular weight is 340 g/mol. The van der Waals surface area contributed by atoms with Gasteiger partial charge in [0.05, 0.1) is 11.3 Å². The Morgan fingerprint density at radius 2 is 1.91 bits per heavy atom. The third kappa shape index (κ3) is 5.59. The molecular formula is C16H15F3N2OS. The zero-order chi connectivity index (χ0) is 16.9. The maximum absolute atomic E-state index is 12.3. The maximum Gasteiger partial charge on any atom is 0.398 e. The second kappa shape index (κ2) is 7.50. The van der Waals surface area contributed by atoms with Crippen molar-refractivity contribution in [2.45, 2.75) is 24.7 Å². The Kier molecular flexibility index (Phi) is 5.65. The summed E-state index contributed by atoms with van der Waals surface area (Å²) in [7, 11) is 0. The number of nitrogens with zero attached hydrogens (tertiary/aromatic N) is 1. The Morgan fingerprint density at radius 3 is 2.57 bits per heavy atom. The van der Waals surface area contributed by atoms with Crippen molar-refractivity contribution in [3.05, 3.63) is 59.3 Å². The van der Waals surface area contributed by atoms with Gasteiger partial charge in [-0.1, -0.05) is 41.6 Å². The molecule has 0 aliphatic rings. The summed E-state index contributed by atoms with van der Waals surface area (Å²) in [5.74, 6) is -1.52. The summed E-state index contributed by atoms with van der Waals surface area (Å²) in [6.45, 7) is 2.26. The van der Waals surface area contributed by atoms with Crippen molar-refractivity contribution in [3.63, 3.8) is 0 Å². The number of amides is 1. The standard InChI is InChI=1S/C16H15F3N2OS/c1-11-4-6-12(7-5-11)9-21-14(22)13-3-2-8-20-15(13)23-10-16(17,18)19/h2-8H,9-10H2,1H3,(H,21,22). The van der Waals surface area contributed by atoms with E-state index in [4.69, 9.17) is 0 Å². The summed E-state index contributed by atoms with van der Waals surface area (Å²) in [5, 5.41) is 2.77. The molecule has 7 heteroatoms. The molecule has 0 fully saturated rings. The third-order valence-corrected chi connectivity index (χ3v) is 4.03. The predicted molar refractivity (Wildman–Crippen MR) is 83.4 cm³/mol. The number of hydrogen-bond donors (Lipinski definition) is 1. The lowest BCUT2D eigenvalue weighted by atomic mass is 10.1. The normalized spacial score (nSPS) is 11.3. The second-order valence-electron chi connectivity index (χ2n) is 4.93. The number of aryl methyl sites for hydroxylation is 1. The fourth-order valence-electron chi connectivity index (χ4n) is 1.81. The summed E-state index contributed by atoms with van der Waals surface area (Å²) in [6, 6.07) is 10.6. The number of aromatic nitrogens is 1. The van der Waals surface area contributed by atoms with Crippen LogP contribution in [0.15, 0.2) is 47.6 Å². The zero-order valence-electron chi connectivity index (χ0n) is 12.4. The predicted octanol–water partition coefficient (Wildman–Crippen LogP) is 3.97. The molecule has 0 aliphatic heterocycles. The number of carbonyl (C=O) groups excluding carboxylic acids is 1. The molecule has 1 amide bonds. The van der Waals surface area contributed by atoms with E-state index >= 15 is 0 Å². The zero-order valence-corrected chi connectivity index (χ0v) is 13.2. The van der Waals surface area contributed by atoms with Gasteiger partial charge in [-0.25, -0.2) is 4.98 Å². The Morgan fingerprint density at radius 1 is 1.22 bits per heavy atom. The Hall–Kier alpha value is -2.02. The van der Waals surface area contributed by atoms with Crippen molar-refractivity contribution < 1.29 is 18.0 Å². The molecule has 0 saturated carbocycles. The van der Waals surface area contributed by atoms with E-state index in [1.165, 1.54) is 18.3 Å². The molecule has 122 valence electrons. The van der Waals surface area contributed by atoms with Crippen LogP contribution in [-0.4, -0.2) is 22.8 Å². The quantitative estimate of drug-likeness (QED) is 0.838. The highest BCUT2D eigenvalue weighted by molar-refractivity contribution is 7.99. The lowest BCUT2D eigenvalue weighted by Crippen LogP contribution is -2.24. The van der Waals surface area contributed by atoms with Crippen molar-refractivity contribution in [1.82, 2.24) is 10.3 Å². The molecule has 1 aromatic carbocycles. The van der Waals surface area contributed by atoms with Gasteiger partial charge in [-0.15, -0.1) is 0 Å². The molecule has 0 spiro atoms. The number of pyridine rings is 1. The minimum atomic E-state index is -4.31. The first-order chi connectivity index (χ1) is 10.8. The van der Waals surface area contributed by atoms with Gasteiger partial charge in [0.1, 0.15) is 5.03 Å². The van der Waals surface area contributed by atoms with Crippen LogP contribution in [-0.2, 0) is 6.54 Å². The Bertz CT molecular complexity index is 672. The minimum absolute atomic E-state index is 0.0752. The third-order valence-electron chi connectivity index (χ3n) is 2.96. The van der Waals surface area contributed by atoms with Crippen LogP contribution in [0.3, 0.4) is 0 Å². The topological polar surface area (TPSA) is 42.0 Å². The summed E-state index contributed by atoms with van der Waals surface area (Å²) >= 11 is 0.509. The van der Waals surface area contributed by atoms with Gasteiger partial charge >= 0.3 is 6.18 Å². The molecule has 1 N–H and O–H groups in total. The molecule has 2 aromatic rings. The largest absolute Gasteiger partial charge is 0.398 e. The first-order valence-corrected chi connectivity index (χ1v) is 7.82. The van der Waals surface area contributed by atoms with Gasteiger partial charge in [0.2, 0.25) is 0 Å². The highest BCUT2D eigenvalue weighted by atomic mass is 32.2. The first-order valence-electron chi connectivity index (χ1n) is 6.83. The molecule has 0 atom stereocenters. The molecule has 0 aliphatic carbocycles. The van der Waals surface area contributed by atoms with Gasteiger partial charge in [-0.2, -0.15) is 13.2 Å². The molecule has 0 unspecified atom stereocenters. The van der Waals surface area contributed by atoms with Crippen molar-refractivity contribution in [3.8, 4) is 0 Å². The molecule has 0 bridgehead atoms. The van der Waals surface area contributed by atoms with E-state index in [-0.39, 0.29) is 10.6 Å². The summed E-state index contributed by atoms with van der Waals surface area (Å²) in [6.07, 6.45) is -2.94. The number of rotatable bonds is 5. The van der Waals surface area contributed by atoms with E-state index in [1.807, 2.05) is 31.2 Å². The number of halogens is 3. The van der Waals surface area contributed by atoms with Crippen LogP contribution in [0.25, 0.3) is 0 Å². The lowest BCUT2D eigenvalue weighted by molar-refractivity contribution is -0.105. The lowest BCUT2D eigenvalue weighted by Gasteiger charge is -2.10. The summed E-state index contributed by atoms with van der Waals surface area (Å²) in [5.41, 5.74) is 2.17. The molecule has 1 heterocycles. The molecule has 0 saturated heterocycles. The van der Waals surface area contributed by atoms with Crippen LogP contribution in [0.2, 0.25) is 0 Å². The molecular weight excluding hydrogens is 325 g/mol.